The number of ether oxygens (including phenoxy) is 1. The van der Waals surface area contributed by atoms with E-state index in [0.29, 0.717) is 5.56 Å². The number of carbonyl (C=O) groups is 1. The third kappa shape index (κ3) is 3.34. The average molecular weight is 347 g/mol. The number of thiophene rings is 1. The molecule has 126 valence electrons. The first-order valence-electron chi connectivity index (χ1n) is 7.26. The highest BCUT2D eigenvalue weighted by atomic mass is 32.1. The number of aryl methyl sites for hydroxylation is 1. The van der Waals surface area contributed by atoms with Gasteiger partial charge in [-0.1, -0.05) is 0 Å². The minimum Gasteiger partial charge on any atom is -0.479 e. The monoisotopic (exact) mass is 347 g/mol. The lowest BCUT2D eigenvalue weighted by atomic mass is 10.2. The summed E-state index contributed by atoms with van der Waals surface area (Å²) in [6.45, 7) is 0.0923. The van der Waals surface area contributed by atoms with Gasteiger partial charge < -0.3 is 19.6 Å². The normalized spacial score (nSPS) is 12.1. The zero-order chi connectivity index (χ0) is 17.1. The van der Waals surface area contributed by atoms with Crippen LogP contribution in [0, 0.1) is 0 Å². The Morgan fingerprint density at radius 1 is 1.50 bits per heavy atom. The fourth-order valence-corrected chi connectivity index (χ4v) is 3.21. The third-order valence-electron chi connectivity index (χ3n) is 3.41. The highest BCUT2D eigenvalue weighted by Gasteiger charge is 2.18. The van der Waals surface area contributed by atoms with Crippen molar-refractivity contribution in [1.29, 1.82) is 0 Å². The summed E-state index contributed by atoms with van der Waals surface area (Å²) in [5.74, 6) is 0.658. The van der Waals surface area contributed by atoms with Crippen LogP contribution in [0.4, 0.5) is 0 Å². The van der Waals surface area contributed by atoms with Crippen LogP contribution in [0.25, 0.3) is 10.6 Å². The number of carbonyl (C=O) groups excluding carboxylic acids is 1. The summed E-state index contributed by atoms with van der Waals surface area (Å²) in [6.07, 6.45) is 2.37. The second-order valence-electron chi connectivity index (χ2n) is 5.13. The van der Waals surface area contributed by atoms with Crippen LogP contribution >= 0.6 is 11.3 Å². The second-order valence-corrected chi connectivity index (χ2v) is 6.25. The van der Waals surface area contributed by atoms with Crippen LogP contribution in [0.5, 0.6) is 5.88 Å². The lowest BCUT2D eigenvalue weighted by Gasteiger charge is -2.10. The lowest BCUT2D eigenvalue weighted by Crippen LogP contribution is -2.28. The average Bonchev–Trinajstić information content (AvgIpc) is 3.30. The quantitative estimate of drug-likeness (QED) is 0.714. The molecule has 0 aromatic carbocycles. The van der Waals surface area contributed by atoms with E-state index in [-0.39, 0.29) is 18.3 Å². The molecular weight excluding hydrogens is 330 g/mol. The fourth-order valence-electron chi connectivity index (χ4n) is 2.24. The van der Waals surface area contributed by atoms with Gasteiger partial charge in [-0.05, 0) is 24.3 Å². The third-order valence-corrected chi connectivity index (χ3v) is 4.61. The molecule has 2 N–H and O–H groups in total. The van der Waals surface area contributed by atoms with Crippen LogP contribution in [0.2, 0.25) is 0 Å². The smallest absolute Gasteiger partial charge is 0.258 e. The minimum absolute atomic E-state index is 0.0923. The number of nitrogens with one attached hydrogen (secondary N) is 1. The van der Waals surface area contributed by atoms with E-state index in [2.05, 4.69) is 10.4 Å². The van der Waals surface area contributed by atoms with Gasteiger partial charge in [-0.3, -0.25) is 9.48 Å². The molecule has 0 radical (unpaired) electrons. The van der Waals surface area contributed by atoms with Crippen molar-refractivity contribution in [2.75, 3.05) is 13.7 Å². The number of aliphatic hydroxyl groups excluding tert-OH is 1. The molecule has 3 rings (SSSR count). The van der Waals surface area contributed by atoms with Gasteiger partial charge in [0.2, 0.25) is 5.88 Å². The Morgan fingerprint density at radius 3 is 3.04 bits per heavy atom. The summed E-state index contributed by atoms with van der Waals surface area (Å²) in [4.78, 5) is 13.9. The summed E-state index contributed by atoms with van der Waals surface area (Å²) in [5.41, 5.74) is 0.328. The Hall–Kier alpha value is -2.58. The first kappa shape index (κ1) is 16.3. The number of methoxy groups -OCH3 is 1. The molecule has 1 atom stereocenters. The van der Waals surface area contributed by atoms with Gasteiger partial charge >= 0.3 is 0 Å². The number of aromatic nitrogens is 2. The molecule has 7 nitrogen and oxygen atoms in total. The molecule has 8 heteroatoms. The van der Waals surface area contributed by atoms with E-state index < -0.39 is 6.10 Å². The Balaban J connectivity index is 1.63. The molecule has 1 unspecified atom stereocenters. The summed E-state index contributed by atoms with van der Waals surface area (Å²) in [7, 11) is 3.16. The van der Waals surface area contributed by atoms with Gasteiger partial charge in [0, 0.05) is 24.7 Å². The molecular formula is C16H17N3O4S. The highest BCUT2D eigenvalue weighted by Crippen LogP contribution is 2.31. The van der Waals surface area contributed by atoms with E-state index in [1.807, 2.05) is 24.3 Å². The molecule has 0 bridgehead atoms. The van der Waals surface area contributed by atoms with Crippen molar-refractivity contribution < 1.29 is 19.1 Å². The summed E-state index contributed by atoms with van der Waals surface area (Å²) in [6, 6.07) is 7.38. The van der Waals surface area contributed by atoms with Gasteiger partial charge in [-0.15, -0.1) is 16.4 Å². The second kappa shape index (κ2) is 6.90. The number of hydrogen-bond acceptors (Lipinski definition) is 6. The molecule has 3 aromatic rings. The van der Waals surface area contributed by atoms with Crippen LogP contribution in [0.15, 0.2) is 41.1 Å². The zero-order valence-corrected chi connectivity index (χ0v) is 14.0. The van der Waals surface area contributed by atoms with Crippen LogP contribution in [0.1, 0.15) is 21.3 Å². The maximum absolute atomic E-state index is 12.2. The summed E-state index contributed by atoms with van der Waals surface area (Å²) < 4.78 is 11.9. The number of nitrogens with zero attached hydrogens (tertiary/aromatic N) is 2. The van der Waals surface area contributed by atoms with Gasteiger partial charge in [0.15, 0.2) is 0 Å². The number of rotatable bonds is 6. The van der Waals surface area contributed by atoms with Crippen LogP contribution in [-0.4, -0.2) is 34.4 Å². The van der Waals surface area contributed by atoms with Gasteiger partial charge in [-0.2, -0.15) is 0 Å². The Kier molecular flexibility index (Phi) is 4.68. The van der Waals surface area contributed by atoms with E-state index in [9.17, 15) is 9.90 Å². The Labute approximate surface area is 142 Å². The maximum Gasteiger partial charge on any atom is 0.258 e. The predicted molar refractivity (Wildman–Crippen MR) is 89.1 cm³/mol. The van der Waals surface area contributed by atoms with Crippen molar-refractivity contribution in [3.05, 3.63) is 47.2 Å². The van der Waals surface area contributed by atoms with Crippen molar-refractivity contribution in [2.24, 2.45) is 7.05 Å². The molecule has 0 saturated heterocycles. The molecule has 3 heterocycles. The van der Waals surface area contributed by atoms with Gasteiger partial charge in [0.25, 0.3) is 5.91 Å². The molecule has 0 fully saturated rings. The molecule has 1 amide bonds. The fraction of sp³-hybridized carbons (Fsp3) is 0.250. The molecule has 0 spiro atoms. The zero-order valence-electron chi connectivity index (χ0n) is 13.2. The molecule has 3 aromatic heterocycles. The molecule has 0 aliphatic carbocycles. The molecule has 0 aliphatic heterocycles. The predicted octanol–water partition coefficient (Wildman–Crippen LogP) is 2.21. The van der Waals surface area contributed by atoms with Crippen molar-refractivity contribution in [1.82, 2.24) is 15.1 Å². The highest BCUT2D eigenvalue weighted by molar-refractivity contribution is 7.15. The first-order valence-corrected chi connectivity index (χ1v) is 8.07. The Morgan fingerprint density at radius 2 is 2.33 bits per heavy atom. The topological polar surface area (TPSA) is 89.5 Å². The largest absolute Gasteiger partial charge is 0.479 e. The number of amides is 1. The van der Waals surface area contributed by atoms with Gasteiger partial charge in [0.1, 0.15) is 17.4 Å². The SMILES string of the molecule is COc1nn(C)cc1C(=O)NCC(O)c1ccc(-c2ccco2)s1. The van der Waals surface area contributed by atoms with E-state index in [1.54, 1.807) is 19.5 Å². The summed E-state index contributed by atoms with van der Waals surface area (Å²) >= 11 is 1.42. The van der Waals surface area contributed by atoms with Crippen LogP contribution < -0.4 is 10.1 Å². The first-order chi connectivity index (χ1) is 11.6. The van der Waals surface area contributed by atoms with Crippen molar-refractivity contribution in [3.63, 3.8) is 0 Å². The van der Waals surface area contributed by atoms with E-state index in [0.717, 1.165) is 15.5 Å². The molecule has 24 heavy (non-hydrogen) atoms. The molecule has 0 aliphatic rings. The maximum atomic E-state index is 12.2. The van der Waals surface area contributed by atoms with Gasteiger partial charge in [-0.25, -0.2) is 0 Å². The van der Waals surface area contributed by atoms with E-state index >= 15 is 0 Å². The van der Waals surface area contributed by atoms with Crippen molar-refractivity contribution in [2.45, 2.75) is 6.10 Å². The van der Waals surface area contributed by atoms with Gasteiger partial charge in [0.05, 0.1) is 18.3 Å². The minimum atomic E-state index is -0.801. The number of furan rings is 1. The summed E-state index contributed by atoms with van der Waals surface area (Å²) in [5, 5.41) is 17.0. The molecule has 0 saturated carbocycles. The number of hydrogen-bond donors (Lipinski definition) is 2. The lowest BCUT2D eigenvalue weighted by molar-refractivity contribution is 0.0915. The van der Waals surface area contributed by atoms with Crippen molar-refractivity contribution in [3.8, 4) is 16.5 Å². The standard InChI is InChI=1S/C16H17N3O4S/c1-19-9-10(16(18-19)22-2)15(21)17-8-11(20)13-5-6-14(24-13)12-4-3-7-23-12/h3-7,9,11,20H,8H2,1-2H3,(H,17,21). The van der Waals surface area contributed by atoms with E-state index in [1.165, 1.54) is 23.1 Å². The van der Waals surface area contributed by atoms with Crippen molar-refractivity contribution >= 4 is 17.2 Å². The van der Waals surface area contributed by atoms with E-state index in [4.69, 9.17) is 9.15 Å². The number of aliphatic hydroxyl groups is 1. The van der Waals surface area contributed by atoms with Crippen LogP contribution in [0.3, 0.4) is 0 Å². The Bertz CT molecular complexity index is 822. The van der Waals surface area contributed by atoms with Crippen LogP contribution in [-0.2, 0) is 7.05 Å².